The largest absolute Gasteiger partial charge is 0.481 e. The van der Waals surface area contributed by atoms with Gasteiger partial charge in [0.15, 0.2) is 0 Å². The summed E-state index contributed by atoms with van der Waals surface area (Å²) in [6.07, 6.45) is 0.890. The molecule has 0 unspecified atom stereocenters. The molecule has 1 fully saturated rings. The Morgan fingerprint density at radius 1 is 1.32 bits per heavy atom. The Balaban J connectivity index is 2.84. The van der Waals surface area contributed by atoms with Crippen molar-refractivity contribution in [3.63, 3.8) is 0 Å². The fourth-order valence-electron chi connectivity index (χ4n) is 2.46. The zero-order valence-electron chi connectivity index (χ0n) is 12.5. The number of carboxylic acids is 1. The van der Waals surface area contributed by atoms with Gasteiger partial charge < -0.3 is 14.7 Å². The van der Waals surface area contributed by atoms with E-state index in [0.717, 1.165) is 0 Å². The van der Waals surface area contributed by atoms with Crippen LogP contribution in [0, 0.1) is 11.3 Å². The minimum Gasteiger partial charge on any atom is -0.481 e. The summed E-state index contributed by atoms with van der Waals surface area (Å²) in [6, 6.07) is 0. The van der Waals surface area contributed by atoms with Crippen LogP contribution in [0.25, 0.3) is 0 Å². The molecule has 0 radical (unpaired) electrons. The molecule has 110 valence electrons. The van der Waals surface area contributed by atoms with Crippen LogP contribution in [-0.2, 0) is 9.53 Å². The summed E-state index contributed by atoms with van der Waals surface area (Å²) in [5, 5.41) is 9.51. The molecule has 1 rings (SSSR count). The van der Waals surface area contributed by atoms with Crippen LogP contribution < -0.4 is 0 Å². The van der Waals surface area contributed by atoms with Gasteiger partial charge in [-0.05, 0) is 39.5 Å². The maximum Gasteiger partial charge on any atom is 0.410 e. The van der Waals surface area contributed by atoms with Crippen molar-refractivity contribution in [2.45, 2.75) is 53.1 Å². The topological polar surface area (TPSA) is 66.8 Å². The third-order valence-electron chi connectivity index (χ3n) is 3.71. The smallest absolute Gasteiger partial charge is 0.410 e. The quantitative estimate of drug-likeness (QED) is 0.838. The highest BCUT2D eigenvalue weighted by molar-refractivity contribution is 5.77. The molecule has 1 aliphatic heterocycles. The van der Waals surface area contributed by atoms with Crippen molar-refractivity contribution in [1.29, 1.82) is 0 Å². The highest BCUT2D eigenvalue weighted by atomic mass is 16.6. The van der Waals surface area contributed by atoms with E-state index >= 15 is 0 Å². The van der Waals surface area contributed by atoms with E-state index in [-0.39, 0.29) is 12.5 Å². The van der Waals surface area contributed by atoms with Crippen molar-refractivity contribution >= 4 is 12.1 Å². The Morgan fingerprint density at radius 2 is 1.89 bits per heavy atom. The number of amides is 1. The van der Waals surface area contributed by atoms with E-state index in [1.807, 2.05) is 34.6 Å². The van der Waals surface area contributed by atoms with E-state index in [0.29, 0.717) is 19.4 Å². The maximum atomic E-state index is 12.1. The second kappa shape index (κ2) is 5.39. The minimum atomic E-state index is -0.852. The summed E-state index contributed by atoms with van der Waals surface area (Å²) >= 11 is 0. The van der Waals surface area contributed by atoms with Gasteiger partial charge in [0.25, 0.3) is 0 Å². The number of carbonyl (C=O) groups excluding carboxylic acids is 1. The van der Waals surface area contributed by atoms with Crippen LogP contribution in [0.3, 0.4) is 0 Å². The van der Waals surface area contributed by atoms with Crippen molar-refractivity contribution in [1.82, 2.24) is 4.90 Å². The van der Waals surface area contributed by atoms with Gasteiger partial charge >= 0.3 is 12.1 Å². The number of hydrogen-bond donors (Lipinski definition) is 1. The predicted molar refractivity (Wildman–Crippen MR) is 71.9 cm³/mol. The van der Waals surface area contributed by atoms with Gasteiger partial charge in [-0.2, -0.15) is 0 Å². The maximum absolute atomic E-state index is 12.1. The van der Waals surface area contributed by atoms with Gasteiger partial charge in [0, 0.05) is 13.1 Å². The molecule has 0 aromatic rings. The second-order valence-electron chi connectivity index (χ2n) is 6.62. The minimum absolute atomic E-state index is 0.0183. The fourth-order valence-corrected chi connectivity index (χ4v) is 2.46. The first-order valence-corrected chi connectivity index (χ1v) is 6.80. The first-order valence-electron chi connectivity index (χ1n) is 6.80. The summed E-state index contributed by atoms with van der Waals surface area (Å²) in [6.45, 7) is 10.0. The Morgan fingerprint density at radius 3 is 2.32 bits per heavy atom. The SMILES string of the molecule is CC(C)[C@@]1(C(=O)O)CCCN(C(=O)OC(C)(C)C)C1. The highest BCUT2D eigenvalue weighted by Crippen LogP contribution is 2.38. The van der Waals surface area contributed by atoms with Crippen LogP contribution in [0.2, 0.25) is 0 Å². The van der Waals surface area contributed by atoms with Crippen molar-refractivity contribution in [3.8, 4) is 0 Å². The number of piperidine rings is 1. The van der Waals surface area contributed by atoms with Gasteiger partial charge in [-0.3, -0.25) is 4.79 Å². The van der Waals surface area contributed by atoms with Crippen molar-refractivity contribution in [2.75, 3.05) is 13.1 Å². The van der Waals surface area contributed by atoms with E-state index in [2.05, 4.69) is 0 Å². The molecule has 1 atom stereocenters. The predicted octanol–water partition coefficient (Wildman–Crippen LogP) is 2.74. The monoisotopic (exact) mass is 271 g/mol. The molecule has 0 aromatic heterocycles. The number of likely N-dealkylation sites (tertiary alicyclic amines) is 1. The number of carboxylic acid groups (broad SMARTS) is 1. The molecule has 0 saturated carbocycles. The summed E-state index contributed by atoms with van der Waals surface area (Å²) in [4.78, 5) is 25.2. The Labute approximate surface area is 114 Å². The summed E-state index contributed by atoms with van der Waals surface area (Å²) in [7, 11) is 0. The molecule has 0 aromatic carbocycles. The normalized spacial score (nSPS) is 24.4. The molecule has 19 heavy (non-hydrogen) atoms. The molecule has 1 saturated heterocycles. The molecule has 5 nitrogen and oxygen atoms in total. The molecule has 1 heterocycles. The molecule has 1 aliphatic rings. The Hall–Kier alpha value is -1.26. The van der Waals surface area contributed by atoms with Crippen LogP contribution in [0.1, 0.15) is 47.5 Å². The summed E-state index contributed by atoms with van der Waals surface area (Å²) in [5.74, 6) is -0.842. The number of carbonyl (C=O) groups is 2. The van der Waals surface area contributed by atoms with E-state index in [9.17, 15) is 14.7 Å². The second-order valence-corrected chi connectivity index (χ2v) is 6.62. The van der Waals surface area contributed by atoms with Crippen LogP contribution in [0.4, 0.5) is 4.79 Å². The van der Waals surface area contributed by atoms with Gasteiger partial charge in [-0.15, -0.1) is 0 Å². The number of rotatable bonds is 2. The summed E-state index contributed by atoms with van der Waals surface area (Å²) in [5.41, 5.74) is -1.41. The lowest BCUT2D eigenvalue weighted by atomic mass is 9.71. The molecule has 0 aliphatic carbocycles. The standard InChI is InChI=1S/C14H25NO4/c1-10(2)14(11(16)17)7-6-8-15(9-14)12(18)19-13(3,4)5/h10H,6-9H2,1-5H3,(H,16,17)/t14-/m1/s1. The molecular formula is C14H25NO4. The zero-order valence-corrected chi connectivity index (χ0v) is 12.5. The number of aliphatic carboxylic acids is 1. The lowest BCUT2D eigenvalue weighted by Crippen LogP contribution is -2.53. The zero-order chi connectivity index (χ0) is 14.8. The van der Waals surface area contributed by atoms with E-state index in [1.165, 1.54) is 4.90 Å². The average Bonchev–Trinajstić information content (AvgIpc) is 2.26. The Bertz CT molecular complexity index is 359. The van der Waals surface area contributed by atoms with Gasteiger partial charge in [0.2, 0.25) is 0 Å². The van der Waals surface area contributed by atoms with Crippen LogP contribution in [0.5, 0.6) is 0 Å². The molecule has 1 N–H and O–H groups in total. The third kappa shape index (κ3) is 3.61. The molecule has 1 amide bonds. The van der Waals surface area contributed by atoms with E-state index in [4.69, 9.17) is 4.74 Å². The molecular weight excluding hydrogens is 246 g/mol. The molecule has 0 spiro atoms. The average molecular weight is 271 g/mol. The van der Waals surface area contributed by atoms with Gasteiger partial charge in [-0.1, -0.05) is 13.8 Å². The lowest BCUT2D eigenvalue weighted by molar-refractivity contribution is -0.155. The van der Waals surface area contributed by atoms with Gasteiger partial charge in [0.05, 0.1) is 5.41 Å². The van der Waals surface area contributed by atoms with Crippen molar-refractivity contribution in [2.24, 2.45) is 11.3 Å². The first kappa shape index (κ1) is 15.8. The van der Waals surface area contributed by atoms with E-state index < -0.39 is 23.1 Å². The number of hydrogen-bond acceptors (Lipinski definition) is 3. The fraction of sp³-hybridized carbons (Fsp3) is 0.857. The number of ether oxygens (including phenoxy) is 1. The summed E-state index contributed by atoms with van der Waals surface area (Å²) < 4.78 is 5.32. The van der Waals surface area contributed by atoms with Crippen LogP contribution >= 0.6 is 0 Å². The van der Waals surface area contributed by atoms with Gasteiger partial charge in [-0.25, -0.2) is 4.79 Å². The van der Waals surface area contributed by atoms with Crippen molar-refractivity contribution in [3.05, 3.63) is 0 Å². The Kier molecular flexibility index (Phi) is 4.48. The van der Waals surface area contributed by atoms with Crippen molar-refractivity contribution < 1.29 is 19.4 Å². The first-order chi connectivity index (χ1) is 8.58. The van der Waals surface area contributed by atoms with E-state index in [1.54, 1.807) is 0 Å². The number of nitrogens with zero attached hydrogens (tertiary/aromatic N) is 1. The van der Waals surface area contributed by atoms with Gasteiger partial charge in [0.1, 0.15) is 5.60 Å². The molecule has 0 bridgehead atoms. The third-order valence-corrected chi connectivity index (χ3v) is 3.71. The molecule has 5 heteroatoms. The highest BCUT2D eigenvalue weighted by Gasteiger charge is 2.46. The van der Waals surface area contributed by atoms with Crippen LogP contribution in [-0.4, -0.2) is 40.8 Å². The van der Waals surface area contributed by atoms with Crippen LogP contribution in [0.15, 0.2) is 0 Å². The lowest BCUT2D eigenvalue weighted by Gasteiger charge is -2.42.